The van der Waals surface area contributed by atoms with Crippen LogP contribution in [0.15, 0.2) is 28.9 Å². The SMILES string of the molecule is CCOC(=O)c1cnc2ccc(Br)cc2c1N1CCC(CN)CC1. The van der Waals surface area contributed by atoms with Gasteiger partial charge in [0.25, 0.3) is 0 Å². The van der Waals surface area contributed by atoms with E-state index in [1.165, 1.54) is 0 Å². The fourth-order valence-corrected chi connectivity index (χ4v) is 3.60. The molecule has 128 valence electrons. The standard InChI is InChI=1S/C18H22BrN3O2/c1-2-24-18(23)15-11-21-16-4-3-13(19)9-14(16)17(15)22-7-5-12(10-20)6-8-22/h3-4,9,11-12H,2,5-8,10,20H2,1H3. The van der Waals surface area contributed by atoms with E-state index in [1.54, 1.807) is 6.20 Å². The summed E-state index contributed by atoms with van der Waals surface area (Å²) in [6.45, 7) is 4.67. The van der Waals surface area contributed by atoms with Crippen molar-refractivity contribution in [2.75, 3.05) is 31.1 Å². The number of hydrogen-bond acceptors (Lipinski definition) is 5. The molecule has 3 rings (SSSR count). The topological polar surface area (TPSA) is 68.5 Å². The monoisotopic (exact) mass is 391 g/mol. The molecule has 5 nitrogen and oxygen atoms in total. The number of piperidine rings is 1. The van der Waals surface area contributed by atoms with Crippen LogP contribution in [0.4, 0.5) is 5.69 Å². The zero-order valence-corrected chi connectivity index (χ0v) is 15.4. The number of hydrogen-bond donors (Lipinski definition) is 1. The van der Waals surface area contributed by atoms with Gasteiger partial charge >= 0.3 is 5.97 Å². The second-order valence-electron chi connectivity index (χ2n) is 6.07. The largest absolute Gasteiger partial charge is 0.462 e. The predicted molar refractivity (Wildman–Crippen MR) is 99.4 cm³/mol. The first-order chi connectivity index (χ1) is 11.6. The average Bonchev–Trinajstić information content (AvgIpc) is 2.61. The fraction of sp³-hybridized carbons (Fsp3) is 0.444. The minimum Gasteiger partial charge on any atom is -0.462 e. The smallest absolute Gasteiger partial charge is 0.341 e. The van der Waals surface area contributed by atoms with Crippen molar-refractivity contribution in [3.63, 3.8) is 0 Å². The number of carbonyl (C=O) groups excluding carboxylic acids is 1. The fourth-order valence-electron chi connectivity index (χ4n) is 3.24. The number of ether oxygens (including phenoxy) is 1. The number of benzene rings is 1. The van der Waals surface area contributed by atoms with Crippen molar-refractivity contribution in [1.82, 2.24) is 4.98 Å². The Labute approximate surface area is 150 Å². The third kappa shape index (κ3) is 3.39. The van der Waals surface area contributed by atoms with Gasteiger partial charge in [0.2, 0.25) is 0 Å². The molecule has 2 heterocycles. The molecule has 0 amide bonds. The van der Waals surface area contributed by atoms with E-state index >= 15 is 0 Å². The van der Waals surface area contributed by atoms with Crippen LogP contribution >= 0.6 is 15.9 Å². The van der Waals surface area contributed by atoms with Gasteiger partial charge in [0.1, 0.15) is 5.56 Å². The summed E-state index contributed by atoms with van der Waals surface area (Å²) >= 11 is 3.52. The first-order valence-corrected chi connectivity index (χ1v) is 9.13. The second kappa shape index (κ2) is 7.49. The van der Waals surface area contributed by atoms with Crippen LogP contribution in [0, 0.1) is 5.92 Å². The Morgan fingerprint density at radius 2 is 2.17 bits per heavy atom. The number of esters is 1. The lowest BCUT2D eigenvalue weighted by atomic mass is 9.95. The maximum atomic E-state index is 12.4. The van der Waals surface area contributed by atoms with Crippen molar-refractivity contribution in [1.29, 1.82) is 0 Å². The van der Waals surface area contributed by atoms with Gasteiger partial charge in [0.05, 0.1) is 17.8 Å². The summed E-state index contributed by atoms with van der Waals surface area (Å²) in [6.07, 6.45) is 3.71. The number of nitrogens with zero attached hydrogens (tertiary/aromatic N) is 2. The molecule has 0 aliphatic carbocycles. The number of carbonyl (C=O) groups is 1. The molecule has 1 aliphatic rings. The molecule has 1 aliphatic heterocycles. The van der Waals surface area contributed by atoms with Crippen LogP contribution < -0.4 is 10.6 Å². The molecular formula is C18H22BrN3O2. The summed E-state index contributed by atoms with van der Waals surface area (Å²) in [5.41, 5.74) is 8.15. The highest BCUT2D eigenvalue weighted by atomic mass is 79.9. The van der Waals surface area contributed by atoms with E-state index in [4.69, 9.17) is 10.5 Å². The molecule has 0 bridgehead atoms. The van der Waals surface area contributed by atoms with Gasteiger partial charge in [-0.2, -0.15) is 0 Å². The van der Waals surface area contributed by atoms with Crippen LogP contribution in [0.25, 0.3) is 10.9 Å². The Morgan fingerprint density at radius 1 is 1.42 bits per heavy atom. The summed E-state index contributed by atoms with van der Waals surface area (Å²) in [5.74, 6) is 0.245. The predicted octanol–water partition coefficient (Wildman–Crippen LogP) is 3.35. The van der Waals surface area contributed by atoms with Crippen LogP contribution in [0.2, 0.25) is 0 Å². The Kier molecular flexibility index (Phi) is 5.36. The lowest BCUT2D eigenvalue weighted by molar-refractivity contribution is 0.0526. The summed E-state index contributed by atoms with van der Waals surface area (Å²) in [7, 11) is 0. The maximum Gasteiger partial charge on any atom is 0.341 e. The van der Waals surface area contributed by atoms with Gasteiger partial charge < -0.3 is 15.4 Å². The van der Waals surface area contributed by atoms with Crippen molar-refractivity contribution in [2.24, 2.45) is 11.7 Å². The number of anilines is 1. The highest BCUT2D eigenvalue weighted by Crippen LogP contribution is 2.34. The molecule has 1 saturated heterocycles. The van der Waals surface area contributed by atoms with Gasteiger partial charge in [-0.3, -0.25) is 4.98 Å². The van der Waals surface area contributed by atoms with Gasteiger partial charge in [-0.15, -0.1) is 0 Å². The van der Waals surface area contributed by atoms with Crippen molar-refractivity contribution in [3.05, 3.63) is 34.4 Å². The van der Waals surface area contributed by atoms with Gasteiger partial charge in [-0.25, -0.2) is 4.79 Å². The van der Waals surface area contributed by atoms with Crippen molar-refractivity contribution < 1.29 is 9.53 Å². The molecule has 0 spiro atoms. The van der Waals surface area contributed by atoms with E-state index in [0.29, 0.717) is 18.1 Å². The third-order valence-electron chi connectivity index (χ3n) is 4.56. The molecule has 1 aromatic carbocycles. The van der Waals surface area contributed by atoms with Crippen molar-refractivity contribution >= 4 is 38.5 Å². The first-order valence-electron chi connectivity index (χ1n) is 8.34. The van der Waals surface area contributed by atoms with E-state index < -0.39 is 0 Å². The van der Waals surface area contributed by atoms with Gasteiger partial charge in [-0.05, 0) is 50.4 Å². The highest BCUT2D eigenvalue weighted by Gasteiger charge is 2.25. The Hall–Kier alpha value is -1.66. The third-order valence-corrected chi connectivity index (χ3v) is 5.05. The van der Waals surface area contributed by atoms with E-state index in [1.807, 2.05) is 25.1 Å². The van der Waals surface area contributed by atoms with Crippen molar-refractivity contribution in [3.8, 4) is 0 Å². The number of fused-ring (bicyclic) bond motifs is 1. The van der Waals surface area contributed by atoms with E-state index in [0.717, 1.165) is 53.5 Å². The number of rotatable bonds is 4. The Bertz CT molecular complexity index is 742. The zero-order chi connectivity index (χ0) is 17.1. The van der Waals surface area contributed by atoms with Crippen LogP contribution in [-0.4, -0.2) is 37.2 Å². The van der Waals surface area contributed by atoms with Gasteiger partial charge in [0.15, 0.2) is 0 Å². The summed E-state index contributed by atoms with van der Waals surface area (Å²) < 4.78 is 6.21. The second-order valence-corrected chi connectivity index (χ2v) is 6.98. The highest BCUT2D eigenvalue weighted by molar-refractivity contribution is 9.10. The lowest BCUT2D eigenvalue weighted by Gasteiger charge is -2.34. The molecule has 2 aromatic rings. The summed E-state index contributed by atoms with van der Waals surface area (Å²) in [5, 5.41) is 0.973. The van der Waals surface area contributed by atoms with Crippen LogP contribution in [0.3, 0.4) is 0 Å². The first kappa shape index (κ1) is 17.2. The molecule has 0 atom stereocenters. The molecule has 1 aromatic heterocycles. The van der Waals surface area contributed by atoms with E-state index in [9.17, 15) is 4.79 Å². The molecule has 24 heavy (non-hydrogen) atoms. The number of aromatic nitrogens is 1. The summed E-state index contributed by atoms with van der Waals surface area (Å²) in [4.78, 5) is 19.2. The van der Waals surface area contributed by atoms with Crippen LogP contribution in [-0.2, 0) is 4.74 Å². The lowest BCUT2D eigenvalue weighted by Crippen LogP contribution is -2.37. The van der Waals surface area contributed by atoms with Crippen molar-refractivity contribution in [2.45, 2.75) is 19.8 Å². The van der Waals surface area contributed by atoms with Gasteiger partial charge in [-0.1, -0.05) is 15.9 Å². The number of halogens is 1. The average molecular weight is 392 g/mol. The maximum absolute atomic E-state index is 12.4. The molecule has 1 fully saturated rings. The minimum absolute atomic E-state index is 0.317. The Balaban J connectivity index is 2.08. The Morgan fingerprint density at radius 3 is 2.83 bits per heavy atom. The van der Waals surface area contributed by atoms with Crippen LogP contribution in [0.1, 0.15) is 30.1 Å². The zero-order valence-electron chi connectivity index (χ0n) is 13.8. The number of pyridine rings is 1. The number of nitrogens with two attached hydrogens (primary N) is 1. The molecular weight excluding hydrogens is 370 g/mol. The molecule has 0 saturated carbocycles. The quantitative estimate of drug-likeness (QED) is 0.809. The molecule has 0 unspecified atom stereocenters. The van der Waals surface area contributed by atoms with E-state index in [-0.39, 0.29) is 5.97 Å². The van der Waals surface area contributed by atoms with Gasteiger partial charge in [0, 0.05) is 29.1 Å². The minimum atomic E-state index is -0.317. The molecule has 2 N–H and O–H groups in total. The van der Waals surface area contributed by atoms with E-state index in [2.05, 4.69) is 25.8 Å². The molecule has 0 radical (unpaired) electrons. The normalized spacial score (nSPS) is 15.7. The summed E-state index contributed by atoms with van der Waals surface area (Å²) in [6, 6.07) is 5.95. The molecule has 6 heteroatoms. The van der Waals surface area contributed by atoms with Crippen LogP contribution in [0.5, 0.6) is 0 Å².